The van der Waals surface area contributed by atoms with Crippen molar-refractivity contribution < 1.29 is 4.52 Å². The average molecular weight is 353 g/mol. The van der Waals surface area contributed by atoms with Gasteiger partial charge in [0.1, 0.15) is 6.04 Å². The van der Waals surface area contributed by atoms with Crippen molar-refractivity contribution in [3.05, 3.63) is 29.7 Å². The van der Waals surface area contributed by atoms with E-state index in [2.05, 4.69) is 43.1 Å². The first-order valence-electron chi connectivity index (χ1n) is 9.19. The van der Waals surface area contributed by atoms with E-state index in [-0.39, 0.29) is 6.04 Å². The first-order valence-corrected chi connectivity index (χ1v) is 9.19. The molecule has 1 saturated carbocycles. The van der Waals surface area contributed by atoms with Gasteiger partial charge in [-0.05, 0) is 32.9 Å². The fourth-order valence-electron chi connectivity index (χ4n) is 3.87. The molecule has 0 N–H and O–H groups in total. The third-order valence-electron chi connectivity index (χ3n) is 5.55. The second-order valence-electron chi connectivity index (χ2n) is 7.45. The largest absolute Gasteiger partial charge is 0.367 e. The number of aromatic nitrogens is 5. The minimum Gasteiger partial charge on any atom is -0.367 e. The number of piperazine rings is 1. The molecule has 3 aromatic rings. The molecule has 8 nitrogen and oxygen atoms in total. The van der Waals surface area contributed by atoms with E-state index in [0.717, 1.165) is 48.1 Å². The molecule has 1 atom stereocenters. The van der Waals surface area contributed by atoms with E-state index in [0.29, 0.717) is 5.92 Å². The monoisotopic (exact) mass is 353 g/mol. The van der Waals surface area contributed by atoms with Gasteiger partial charge in [0, 0.05) is 38.8 Å². The molecular weight excluding hydrogens is 330 g/mol. The van der Waals surface area contributed by atoms with Crippen LogP contribution in [0.2, 0.25) is 0 Å². The second kappa shape index (κ2) is 5.77. The van der Waals surface area contributed by atoms with Crippen LogP contribution in [0.1, 0.15) is 42.2 Å². The number of hydrogen-bond donors (Lipinski definition) is 0. The van der Waals surface area contributed by atoms with Crippen LogP contribution in [0.25, 0.3) is 11.0 Å². The molecule has 1 aliphatic carbocycles. The van der Waals surface area contributed by atoms with Crippen LogP contribution in [0.3, 0.4) is 0 Å². The normalized spacial score (nSPS) is 21.7. The van der Waals surface area contributed by atoms with E-state index >= 15 is 0 Å². The highest BCUT2D eigenvalue weighted by Crippen LogP contribution is 2.39. The minimum absolute atomic E-state index is 0.101. The summed E-state index contributed by atoms with van der Waals surface area (Å²) in [6.45, 7) is 4.75. The van der Waals surface area contributed by atoms with Gasteiger partial charge >= 0.3 is 0 Å². The van der Waals surface area contributed by atoms with Crippen molar-refractivity contribution in [2.24, 2.45) is 7.05 Å². The van der Waals surface area contributed by atoms with Crippen LogP contribution in [0.15, 0.2) is 16.8 Å². The third kappa shape index (κ3) is 2.47. The van der Waals surface area contributed by atoms with Crippen LogP contribution in [0.4, 0.5) is 5.69 Å². The van der Waals surface area contributed by atoms with Gasteiger partial charge in [0.05, 0.1) is 16.8 Å². The number of hydrogen-bond acceptors (Lipinski definition) is 7. The Kier molecular flexibility index (Phi) is 3.49. The fraction of sp³-hybridized carbons (Fsp3) is 0.556. The Hall–Kier alpha value is -2.48. The number of fused-ring (bicyclic) bond motifs is 1. The van der Waals surface area contributed by atoms with Crippen molar-refractivity contribution in [1.29, 1.82) is 0 Å². The maximum Gasteiger partial charge on any atom is 0.245 e. The SMILES string of the molecule is Cc1nn(C)c2nccc(N3CCN(C)C(c4nc(C5CC5)no4)C3)c12. The van der Waals surface area contributed by atoms with Crippen molar-refractivity contribution in [3.8, 4) is 0 Å². The lowest BCUT2D eigenvalue weighted by Crippen LogP contribution is -2.47. The Balaban J connectivity index is 1.48. The van der Waals surface area contributed by atoms with Gasteiger partial charge in [0.2, 0.25) is 5.89 Å². The van der Waals surface area contributed by atoms with E-state index in [4.69, 9.17) is 4.52 Å². The second-order valence-corrected chi connectivity index (χ2v) is 7.45. The first kappa shape index (κ1) is 15.7. The van der Waals surface area contributed by atoms with Gasteiger partial charge in [0.25, 0.3) is 0 Å². The molecule has 3 aromatic heterocycles. The summed E-state index contributed by atoms with van der Waals surface area (Å²) >= 11 is 0. The molecule has 1 unspecified atom stereocenters. The summed E-state index contributed by atoms with van der Waals surface area (Å²) in [6, 6.07) is 2.19. The summed E-state index contributed by atoms with van der Waals surface area (Å²) < 4.78 is 7.47. The van der Waals surface area contributed by atoms with E-state index < -0.39 is 0 Å². The number of rotatable bonds is 3. The highest BCUT2D eigenvalue weighted by Gasteiger charge is 2.34. The van der Waals surface area contributed by atoms with Crippen LogP contribution in [-0.2, 0) is 7.05 Å². The van der Waals surface area contributed by atoms with E-state index in [1.807, 2.05) is 24.9 Å². The summed E-state index contributed by atoms with van der Waals surface area (Å²) in [5.41, 5.74) is 3.11. The number of anilines is 1. The van der Waals surface area contributed by atoms with Gasteiger partial charge in [0.15, 0.2) is 11.5 Å². The highest BCUT2D eigenvalue weighted by atomic mass is 16.5. The number of pyridine rings is 1. The Bertz CT molecular complexity index is 958. The summed E-state index contributed by atoms with van der Waals surface area (Å²) in [4.78, 5) is 13.9. The molecule has 0 aromatic carbocycles. The number of aryl methyl sites for hydroxylation is 2. The van der Waals surface area contributed by atoms with Gasteiger partial charge in [-0.1, -0.05) is 5.16 Å². The summed E-state index contributed by atoms with van der Waals surface area (Å²) in [5, 5.41) is 9.87. The smallest absolute Gasteiger partial charge is 0.245 e. The fourth-order valence-corrected chi connectivity index (χ4v) is 3.87. The maximum absolute atomic E-state index is 5.62. The minimum atomic E-state index is 0.101. The lowest BCUT2D eigenvalue weighted by Gasteiger charge is -2.39. The van der Waals surface area contributed by atoms with Gasteiger partial charge in [-0.2, -0.15) is 10.1 Å². The van der Waals surface area contributed by atoms with Crippen LogP contribution in [0.5, 0.6) is 0 Å². The zero-order valence-corrected chi connectivity index (χ0v) is 15.4. The van der Waals surface area contributed by atoms with Gasteiger partial charge in [-0.15, -0.1) is 0 Å². The molecule has 0 spiro atoms. The summed E-state index contributed by atoms with van der Waals surface area (Å²) in [6.07, 6.45) is 4.23. The highest BCUT2D eigenvalue weighted by molar-refractivity contribution is 5.92. The molecule has 8 heteroatoms. The quantitative estimate of drug-likeness (QED) is 0.713. The van der Waals surface area contributed by atoms with Crippen molar-refractivity contribution in [2.45, 2.75) is 31.7 Å². The standard InChI is InChI=1S/C18H23N7O/c1-11-15-13(6-7-19-17(15)24(3)21-11)25-9-8-23(2)14(10-25)18-20-16(22-26-18)12-4-5-12/h6-7,12,14H,4-5,8-10H2,1-3H3. The van der Waals surface area contributed by atoms with Crippen molar-refractivity contribution in [2.75, 3.05) is 31.6 Å². The molecular formula is C18H23N7O. The van der Waals surface area contributed by atoms with Gasteiger partial charge < -0.3 is 9.42 Å². The van der Waals surface area contributed by atoms with Crippen molar-refractivity contribution in [3.63, 3.8) is 0 Å². The molecule has 26 heavy (non-hydrogen) atoms. The van der Waals surface area contributed by atoms with Crippen LogP contribution in [-0.4, -0.2) is 56.5 Å². The first-order chi connectivity index (χ1) is 12.6. The molecule has 5 rings (SSSR count). The molecule has 1 saturated heterocycles. The molecule has 2 aliphatic rings. The topological polar surface area (TPSA) is 76.1 Å². The van der Waals surface area contributed by atoms with Crippen molar-refractivity contribution in [1.82, 2.24) is 29.8 Å². The molecule has 4 heterocycles. The Labute approximate surface area is 151 Å². The van der Waals surface area contributed by atoms with Crippen LogP contribution < -0.4 is 4.90 Å². The van der Waals surface area contributed by atoms with E-state index in [1.54, 1.807) is 0 Å². The Morgan fingerprint density at radius 2 is 2.04 bits per heavy atom. The zero-order valence-electron chi connectivity index (χ0n) is 15.4. The summed E-state index contributed by atoms with van der Waals surface area (Å²) in [5.74, 6) is 2.11. The zero-order chi connectivity index (χ0) is 17.8. The third-order valence-corrected chi connectivity index (χ3v) is 5.55. The molecule has 0 amide bonds. The lowest BCUT2D eigenvalue weighted by atomic mass is 10.1. The van der Waals surface area contributed by atoms with Crippen LogP contribution >= 0.6 is 0 Å². The number of likely N-dealkylation sites (N-methyl/N-ethyl adjacent to an activating group) is 1. The predicted molar refractivity (Wildman–Crippen MR) is 97.1 cm³/mol. The Morgan fingerprint density at radius 3 is 2.85 bits per heavy atom. The average Bonchev–Trinajstić information content (AvgIpc) is 3.30. The van der Waals surface area contributed by atoms with Crippen molar-refractivity contribution >= 4 is 16.7 Å². The van der Waals surface area contributed by atoms with E-state index in [9.17, 15) is 0 Å². The number of nitrogens with zero attached hydrogens (tertiary/aromatic N) is 7. The lowest BCUT2D eigenvalue weighted by molar-refractivity contribution is 0.178. The predicted octanol–water partition coefficient (Wildman–Crippen LogP) is 2.03. The summed E-state index contributed by atoms with van der Waals surface area (Å²) in [7, 11) is 4.07. The van der Waals surface area contributed by atoms with Gasteiger partial charge in [-0.25, -0.2) is 4.98 Å². The molecule has 0 radical (unpaired) electrons. The van der Waals surface area contributed by atoms with Gasteiger partial charge in [-0.3, -0.25) is 9.58 Å². The Morgan fingerprint density at radius 1 is 1.19 bits per heavy atom. The molecule has 2 fully saturated rings. The molecule has 1 aliphatic heterocycles. The van der Waals surface area contributed by atoms with Crippen LogP contribution in [0, 0.1) is 6.92 Å². The molecule has 136 valence electrons. The van der Waals surface area contributed by atoms with E-state index in [1.165, 1.54) is 18.5 Å². The maximum atomic E-state index is 5.62. The molecule has 0 bridgehead atoms.